The Morgan fingerprint density at radius 3 is 2.78 bits per heavy atom. The van der Waals surface area contributed by atoms with Crippen molar-refractivity contribution < 1.29 is 18.3 Å². The molecule has 0 saturated carbocycles. The molecule has 3 rings (SSSR count). The first kappa shape index (κ1) is 15.6. The number of fused-ring (bicyclic) bond motifs is 1. The van der Waals surface area contributed by atoms with E-state index in [2.05, 4.69) is 9.71 Å². The van der Waals surface area contributed by atoms with Crippen molar-refractivity contribution in [3.8, 4) is 0 Å². The molecule has 0 aliphatic heterocycles. The van der Waals surface area contributed by atoms with Gasteiger partial charge in [-0.3, -0.25) is 4.98 Å². The standard InChI is InChI=1S/C16H16N2O4S/c19-16(20)12-4-3-11-5-6-14(9-13(11)8-12)18-23(21,22)15-2-1-7-17-10-15/h1-4,7-8,10,14,18H,5-6,9H2,(H,19,20). The molecule has 1 unspecified atom stereocenters. The molecule has 1 aliphatic carbocycles. The number of hydrogen-bond donors (Lipinski definition) is 2. The quantitative estimate of drug-likeness (QED) is 0.887. The number of carboxylic acids is 1. The van der Waals surface area contributed by atoms with Crippen LogP contribution in [-0.4, -0.2) is 30.5 Å². The fourth-order valence-electron chi connectivity index (χ4n) is 2.78. The molecule has 0 amide bonds. The Morgan fingerprint density at radius 2 is 2.09 bits per heavy atom. The molecule has 2 aromatic rings. The number of aromatic carboxylic acids is 1. The molecule has 1 aliphatic rings. The van der Waals surface area contributed by atoms with E-state index in [0.717, 1.165) is 17.5 Å². The summed E-state index contributed by atoms with van der Waals surface area (Å²) in [7, 11) is -3.62. The Balaban J connectivity index is 1.79. The topological polar surface area (TPSA) is 96.4 Å². The molecule has 2 N–H and O–H groups in total. The molecule has 1 heterocycles. The van der Waals surface area contributed by atoms with Crippen molar-refractivity contribution in [2.45, 2.75) is 30.2 Å². The molecule has 6 nitrogen and oxygen atoms in total. The number of nitrogens with zero attached hydrogens (tertiary/aromatic N) is 1. The molecule has 120 valence electrons. The zero-order valence-electron chi connectivity index (χ0n) is 12.3. The summed E-state index contributed by atoms with van der Waals surface area (Å²) >= 11 is 0. The minimum Gasteiger partial charge on any atom is -0.478 e. The lowest BCUT2D eigenvalue weighted by Crippen LogP contribution is -2.38. The Morgan fingerprint density at radius 1 is 1.26 bits per heavy atom. The van der Waals surface area contributed by atoms with Gasteiger partial charge >= 0.3 is 5.97 Å². The van der Waals surface area contributed by atoms with Crippen molar-refractivity contribution in [3.63, 3.8) is 0 Å². The fraction of sp³-hybridized carbons (Fsp3) is 0.250. The van der Waals surface area contributed by atoms with Crippen molar-refractivity contribution in [1.82, 2.24) is 9.71 Å². The smallest absolute Gasteiger partial charge is 0.335 e. The van der Waals surface area contributed by atoms with E-state index in [1.54, 1.807) is 18.2 Å². The van der Waals surface area contributed by atoms with Gasteiger partial charge in [0.05, 0.1) is 5.56 Å². The molecule has 1 aromatic heterocycles. The number of carbonyl (C=O) groups is 1. The number of benzene rings is 1. The maximum atomic E-state index is 12.3. The van der Waals surface area contributed by atoms with Crippen LogP contribution in [0.15, 0.2) is 47.6 Å². The Bertz CT molecular complexity index is 834. The van der Waals surface area contributed by atoms with E-state index in [4.69, 9.17) is 5.11 Å². The first-order valence-electron chi connectivity index (χ1n) is 7.23. The van der Waals surface area contributed by atoms with E-state index >= 15 is 0 Å². The molecule has 23 heavy (non-hydrogen) atoms. The summed E-state index contributed by atoms with van der Waals surface area (Å²) in [5, 5.41) is 9.07. The van der Waals surface area contributed by atoms with Gasteiger partial charge in [-0.15, -0.1) is 0 Å². The normalized spacial score (nSPS) is 17.5. The number of aromatic nitrogens is 1. The van der Waals surface area contributed by atoms with Gasteiger partial charge in [-0.1, -0.05) is 6.07 Å². The Kier molecular flexibility index (Phi) is 4.14. The largest absolute Gasteiger partial charge is 0.478 e. The lowest BCUT2D eigenvalue weighted by Gasteiger charge is -2.25. The van der Waals surface area contributed by atoms with Crippen LogP contribution in [-0.2, 0) is 22.9 Å². The second-order valence-corrected chi connectivity index (χ2v) is 7.25. The van der Waals surface area contributed by atoms with Gasteiger partial charge in [0, 0.05) is 18.4 Å². The third kappa shape index (κ3) is 3.40. The van der Waals surface area contributed by atoms with Crippen LogP contribution in [0.25, 0.3) is 0 Å². The van der Waals surface area contributed by atoms with Crippen LogP contribution in [0.1, 0.15) is 27.9 Å². The molecular weight excluding hydrogens is 316 g/mol. The highest BCUT2D eigenvalue weighted by Crippen LogP contribution is 2.24. The highest BCUT2D eigenvalue weighted by atomic mass is 32.2. The van der Waals surface area contributed by atoms with E-state index in [9.17, 15) is 13.2 Å². The highest BCUT2D eigenvalue weighted by Gasteiger charge is 2.25. The summed E-state index contributed by atoms with van der Waals surface area (Å²) < 4.78 is 27.4. The molecule has 0 fully saturated rings. The van der Waals surface area contributed by atoms with Crippen molar-refractivity contribution in [2.24, 2.45) is 0 Å². The summed E-state index contributed by atoms with van der Waals surface area (Å²) in [5.74, 6) is -0.981. The Hall–Kier alpha value is -2.25. The molecule has 0 saturated heterocycles. The third-order valence-electron chi connectivity index (χ3n) is 3.95. The van der Waals surface area contributed by atoms with E-state index in [0.29, 0.717) is 12.8 Å². The number of sulfonamides is 1. The summed E-state index contributed by atoms with van der Waals surface area (Å²) in [6.07, 6.45) is 4.70. The van der Waals surface area contributed by atoms with Crippen LogP contribution >= 0.6 is 0 Å². The van der Waals surface area contributed by atoms with E-state index in [1.807, 2.05) is 6.07 Å². The molecule has 7 heteroatoms. The number of nitrogens with one attached hydrogen (secondary N) is 1. The molecule has 0 spiro atoms. The van der Waals surface area contributed by atoms with Crippen molar-refractivity contribution in [1.29, 1.82) is 0 Å². The monoisotopic (exact) mass is 332 g/mol. The summed E-state index contributed by atoms with van der Waals surface area (Å²) in [5.41, 5.74) is 2.18. The van der Waals surface area contributed by atoms with Gasteiger partial charge in [-0.2, -0.15) is 0 Å². The van der Waals surface area contributed by atoms with Crippen LogP contribution in [0.2, 0.25) is 0 Å². The van der Waals surface area contributed by atoms with E-state index < -0.39 is 16.0 Å². The van der Waals surface area contributed by atoms with Gasteiger partial charge in [0.15, 0.2) is 0 Å². The molecular formula is C16H16N2O4S. The zero-order chi connectivity index (χ0) is 16.4. The van der Waals surface area contributed by atoms with Crippen molar-refractivity contribution in [3.05, 3.63) is 59.4 Å². The van der Waals surface area contributed by atoms with Gasteiger partial charge in [-0.25, -0.2) is 17.9 Å². The number of rotatable bonds is 4. The van der Waals surface area contributed by atoms with Gasteiger partial charge in [0.1, 0.15) is 4.90 Å². The van der Waals surface area contributed by atoms with Gasteiger partial charge < -0.3 is 5.11 Å². The number of hydrogen-bond acceptors (Lipinski definition) is 4. The SMILES string of the molecule is O=C(O)c1ccc2c(c1)CC(NS(=O)(=O)c1cccnc1)CC2. The summed E-state index contributed by atoms with van der Waals surface area (Å²) in [4.78, 5) is 15.0. The maximum absolute atomic E-state index is 12.3. The molecule has 1 aromatic carbocycles. The van der Waals surface area contributed by atoms with Crippen molar-refractivity contribution in [2.75, 3.05) is 0 Å². The van der Waals surface area contributed by atoms with Gasteiger partial charge in [-0.05, 0) is 54.7 Å². The fourth-order valence-corrected chi connectivity index (χ4v) is 4.02. The minimum absolute atomic E-state index is 0.130. The zero-order valence-corrected chi connectivity index (χ0v) is 13.1. The predicted octanol–water partition coefficient (Wildman–Crippen LogP) is 1.62. The average Bonchev–Trinajstić information content (AvgIpc) is 2.54. The van der Waals surface area contributed by atoms with Crippen molar-refractivity contribution >= 4 is 16.0 Å². The Labute approximate surface area is 134 Å². The van der Waals surface area contributed by atoms with Crippen LogP contribution in [0.4, 0.5) is 0 Å². The molecule has 0 bridgehead atoms. The van der Waals surface area contributed by atoms with E-state index in [1.165, 1.54) is 18.5 Å². The summed E-state index contributed by atoms with van der Waals surface area (Å²) in [6, 6.07) is 7.84. The third-order valence-corrected chi connectivity index (χ3v) is 5.45. The second kappa shape index (κ2) is 6.10. The second-order valence-electron chi connectivity index (χ2n) is 5.54. The van der Waals surface area contributed by atoms with Crippen LogP contribution in [0.3, 0.4) is 0 Å². The van der Waals surface area contributed by atoms with Gasteiger partial charge in [0.25, 0.3) is 0 Å². The molecule has 0 radical (unpaired) electrons. The number of aryl methyl sites for hydroxylation is 1. The van der Waals surface area contributed by atoms with Crippen LogP contribution in [0, 0.1) is 0 Å². The predicted molar refractivity (Wildman–Crippen MR) is 83.8 cm³/mol. The summed E-state index contributed by atoms with van der Waals surface area (Å²) in [6.45, 7) is 0. The highest BCUT2D eigenvalue weighted by molar-refractivity contribution is 7.89. The number of carboxylic acid groups (broad SMARTS) is 1. The van der Waals surface area contributed by atoms with Crippen LogP contribution in [0.5, 0.6) is 0 Å². The lowest BCUT2D eigenvalue weighted by molar-refractivity contribution is 0.0696. The maximum Gasteiger partial charge on any atom is 0.335 e. The van der Waals surface area contributed by atoms with E-state index in [-0.39, 0.29) is 16.5 Å². The first-order valence-corrected chi connectivity index (χ1v) is 8.71. The van der Waals surface area contributed by atoms with Gasteiger partial charge in [0.2, 0.25) is 10.0 Å². The van der Waals surface area contributed by atoms with Crippen LogP contribution < -0.4 is 4.72 Å². The minimum atomic E-state index is -3.62. The lowest BCUT2D eigenvalue weighted by atomic mass is 9.88. The average molecular weight is 332 g/mol. The first-order chi connectivity index (χ1) is 11.0. The molecule has 1 atom stereocenters. The number of pyridine rings is 1.